The second-order valence-electron chi connectivity index (χ2n) is 6.69. The van der Waals surface area contributed by atoms with Crippen LogP contribution in [-0.4, -0.2) is 16.5 Å². The van der Waals surface area contributed by atoms with E-state index in [-0.39, 0.29) is 5.41 Å². The van der Waals surface area contributed by atoms with E-state index in [0.29, 0.717) is 5.82 Å². The number of nitrogens with two attached hydrogens (primary N) is 1. The van der Waals surface area contributed by atoms with Crippen molar-refractivity contribution in [3.05, 3.63) is 11.4 Å². The van der Waals surface area contributed by atoms with Crippen LogP contribution >= 0.6 is 0 Å². The van der Waals surface area contributed by atoms with Crippen molar-refractivity contribution in [2.75, 3.05) is 17.6 Å². The first-order chi connectivity index (χ1) is 8.88. The Morgan fingerprint density at radius 2 is 1.84 bits per heavy atom. The van der Waals surface area contributed by atoms with E-state index in [4.69, 9.17) is 5.73 Å². The molecule has 3 N–H and O–H groups in total. The van der Waals surface area contributed by atoms with Crippen molar-refractivity contribution in [2.24, 2.45) is 5.92 Å². The second-order valence-corrected chi connectivity index (χ2v) is 6.69. The van der Waals surface area contributed by atoms with Gasteiger partial charge in [-0.05, 0) is 25.7 Å². The molecule has 19 heavy (non-hydrogen) atoms. The highest BCUT2D eigenvalue weighted by Crippen LogP contribution is 2.27. The quantitative estimate of drug-likeness (QED) is 0.877. The van der Waals surface area contributed by atoms with Crippen LogP contribution in [0.5, 0.6) is 0 Å². The average molecular weight is 262 g/mol. The van der Waals surface area contributed by atoms with Crippen LogP contribution in [0.4, 0.5) is 11.6 Å². The molecule has 4 heteroatoms. The summed E-state index contributed by atoms with van der Waals surface area (Å²) in [6.45, 7) is 9.31. The van der Waals surface area contributed by atoms with E-state index in [1.54, 1.807) is 0 Å². The molecule has 0 amide bonds. The summed E-state index contributed by atoms with van der Waals surface area (Å²) in [6, 6.07) is 0. The van der Waals surface area contributed by atoms with Gasteiger partial charge in [0.2, 0.25) is 0 Å². The molecule has 1 aliphatic carbocycles. The molecule has 0 aliphatic heterocycles. The predicted octanol–water partition coefficient (Wildman–Crippen LogP) is 3.27. The zero-order valence-corrected chi connectivity index (χ0v) is 12.6. The van der Waals surface area contributed by atoms with E-state index in [0.717, 1.165) is 29.7 Å². The summed E-state index contributed by atoms with van der Waals surface area (Å²) in [4.78, 5) is 9.07. The Hall–Kier alpha value is -1.32. The van der Waals surface area contributed by atoms with Gasteiger partial charge < -0.3 is 11.1 Å². The Labute approximate surface area is 116 Å². The molecule has 2 rings (SSSR count). The zero-order valence-electron chi connectivity index (χ0n) is 12.6. The molecule has 1 saturated carbocycles. The third-order valence-electron chi connectivity index (χ3n) is 3.89. The van der Waals surface area contributed by atoms with Gasteiger partial charge >= 0.3 is 0 Å². The van der Waals surface area contributed by atoms with Crippen LogP contribution in [0.15, 0.2) is 0 Å². The van der Waals surface area contributed by atoms with E-state index in [1.165, 1.54) is 25.7 Å². The average Bonchev–Trinajstić information content (AvgIpc) is 2.82. The summed E-state index contributed by atoms with van der Waals surface area (Å²) < 4.78 is 0. The number of nitrogens with one attached hydrogen (secondary N) is 1. The van der Waals surface area contributed by atoms with Crippen molar-refractivity contribution in [1.82, 2.24) is 9.97 Å². The maximum Gasteiger partial charge on any atom is 0.138 e. The van der Waals surface area contributed by atoms with E-state index in [1.807, 2.05) is 6.92 Å². The maximum absolute atomic E-state index is 6.01. The molecular weight excluding hydrogens is 236 g/mol. The molecule has 0 unspecified atom stereocenters. The molecule has 1 aliphatic rings. The number of hydrogen-bond donors (Lipinski definition) is 2. The summed E-state index contributed by atoms with van der Waals surface area (Å²) in [6.07, 6.45) is 5.40. The van der Waals surface area contributed by atoms with Gasteiger partial charge in [0, 0.05) is 17.5 Å². The van der Waals surface area contributed by atoms with E-state index < -0.39 is 0 Å². The van der Waals surface area contributed by atoms with Gasteiger partial charge in [-0.15, -0.1) is 0 Å². The Morgan fingerprint density at radius 3 is 2.42 bits per heavy atom. The van der Waals surface area contributed by atoms with Gasteiger partial charge in [0.15, 0.2) is 0 Å². The van der Waals surface area contributed by atoms with Crippen molar-refractivity contribution in [1.29, 1.82) is 0 Å². The fourth-order valence-corrected chi connectivity index (χ4v) is 2.50. The van der Waals surface area contributed by atoms with Gasteiger partial charge in [-0.3, -0.25) is 0 Å². The second kappa shape index (κ2) is 5.35. The smallest absolute Gasteiger partial charge is 0.138 e. The van der Waals surface area contributed by atoms with Gasteiger partial charge in [0.05, 0.1) is 0 Å². The fourth-order valence-electron chi connectivity index (χ4n) is 2.50. The molecule has 4 nitrogen and oxygen atoms in total. The van der Waals surface area contributed by atoms with Crippen molar-refractivity contribution in [2.45, 2.75) is 58.8 Å². The van der Waals surface area contributed by atoms with Gasteiger partial charge in [-0.2, -0.15) is 0 Å². The number of nitrogens with zero attached hydrogens (tertiary/aromatic N) is 2. The third kappa shape index (κ3) is 3.37. The molecule has 0 saturated heterocycles. The molecule has 0 radical (unpaired) electrons. The van der Waals surface area contributed by atoms with Crippen LogP contribution in [0.3, 0.4) is 0 Å². The van der Waals surface area contributed by atoms with Crippen LogP contribution < -0.4 is 11.1 Å². The lowest BCUT2D eigenvalue weighted by atomic mass is 9.95. The first kappa shape index (κ1) is 14.1. The molecule has 1 fully saturated rings. The minimum Gasteiger partial charge on any atom is -0.383 e. The number of hydrogen-bond acceptors (Lipinski definition) is 4. The summed E-state index contributed by atoms with van der Waals surface area (Å²) in [5.41, 5.74) is 6.90. The van der Waals surface area contributed by atoms with Crippen molar-refractivity contribution < 1.29 is 0 Å². The Bertz CT molecular complexity index is 442. The number of rotatable bonds is 3. The number of anilines is 2. The minimum atomic E-state index is -0.0778. The molecular formula is C15H26N4. The summed E-state index contributed by atoms with van der Waals surface area (Å²) >= 11 is 0. The Balaban J connectivity index is 2.16. The summed E-state index contributed by atoms with van der Waals surface area (Å²) in [7, 11) is 0. The largest absolute Gasteiger partial charge is 0.383 e. The van der Waals surface area contributed by atoms with E-state index >= 15 is 0 Å². The molecule has 0 atom stereocenters. The summed E-state index contributed by atoms with van der Waals surface area (Å²) in [5.74, 6) is 3.09. The van der Waals surface area contributed by atoms with Crippen LogP contribution in [-0.2, 0) is 5.41 Å². The monoisotopic (exact) mass is 262 g/mol. The van der Waals surface area contributed by atoms with Gasteiger partial charge in [0.25, 0.3) is 0 Å². The predicted molar refractivity (Wildman–Crippen MR) is 80.3 cm³/mol. The zero-order chi connectivity index (χ0) is 14.0. The van der Waals surface area contributed by atoms with Gasteiger partial charge in [0.1, 0.15) is 17.5 Å². The SMILES string of the molecule is Cc1c(N)nc(C(C)(C)C)nc1NCC1CCCC1. The number of aromatic nitrogens is 2. The Morgan fingerprint density at radius 1 is 1.21 bits per heavy atom. The first-order valence-corrected chi connectivity index (χ1v) is 7.26. The van der Waals surface area contributed by atoms with Gasteiger partial charge in [-0.25, -0.2) is 9.97 Å². The molecule has 0 bridgehead atoms. The highest BCUT2D eigenvalue weighted by molar-refractivity contribution is 5.55. The highest BCUT2D eigenvalue weighted by atomic mass is 15.1. The molecule has 1 heterocycles. The lowest BCUT2D eigenvalue weighted by Crippen LogP contribution is -2.20. The molecule has 0 spiro atoms. The van der Waals surface area contributed by atoms with Crippen molar-refractivity contribution in [3.63, 3.8) is 0 Å². The van der Waals surface area contributed by atoms with Crippen LogP contribution in [0, 0.1) is 12.8 Å². The van der Waals surface area contributed by atoms with Crippen LogP contribution in [0.25, 0.3) is 0 Å². The van der Waals surface area contributed by atoms with E-state index in [2.05, 4.69) is 36.1 Å². The Kier molecular flexibility index (Phi) is 3.97. The van der Waals surface area contributed by atoms with Crippen molar-refractivity contribution >= 4 is 11.6 Å². The fraction of sp³-hybridized carbons (Fsp3) is 0.733. The topological polar surface area (TPSA) is 63.8 Å². The normalized spacial score (nSPS) is 16.8. The molecule has 1 aromatic rings. The highest BCUT2D eigenvalue weighted by Gasteiger charge is 2.21. The third-order valence-corrected chi connectivity index (χ3v) is 3.89. The molecule has 0 aromatic carbocycles. The first-order valence-electron chi connectivity index (χ1n) is 7.26. The molecule has 106 valence electrons. The van der Waals surface area contributed by atoms with Crippen LogP contribution in [0.1, 0.15) is 57.8 Å². The van der Waals surface area contributed by atoms with Gasteiger partial charge in [-0.1, -0.05) is 33.6 Å². The maximum atomic E-state index is 6.01. The minimum absolute atomic E-state index is 0.0778. The van der Waals surface area contributed by atoms with Crippen molar-refractivity contribution in [3.8, 4) is 0 Å². The molecule has 1 aromatic heterocycles. The lowest BCUT2D eigenvalue weighted by molar-refractivity contribution is 0.544. The van der Waals surface area contributed by atoms with Crippen LogP contribution in [0.2, 0.25) is 0 Å². The van der Waals surface area contributed by atoms with E-state index in [9.17, 15) is 0 Å². The standard InChI is InChI=1S/C15H26N4/c1-10-12(16)18-14(15(2,3)4)19-13(10)17-9-11-7-5-6-8-11/h11H,5-9H2,1-4H3,(H3,16,17,18,19). The lowest BCUT2D eigenvalue weighted by Gasteiger charge is -2.20. The number of nitrogen functional groups attached to an aromatic ring is 1. The summed E-state index contributed by atoms with van der Waals surface area (Å²) in [5, 5.41) is 3.48.